The van der Waals surface area contributed by atoms with Crippen molar-refractivity contribution in [3.8, 4) is 5.75 Å². The van der Waals surface area contributed by atoms with Crippen molar-refractivity contribution in [2.75, 3.05) is 13.2 Å². The first kappa shape index (κ1) is 19.9. The van der Waals surface area contributed by atoms with Crippen LogP contribution in [0.1, 0.15) is 41.8 Å². The standard InChI is InChI=1S/C20H22ClNO4/c1-2-26-17-8-6-14(7-9-17)18(23)10-11-20(25)22-13-19(24)15-4-3-5-16(21)12-15/h3-9,12,19,24H,2,10-11,13H2,1H3,(H,22,25). The van der Waals surface area contributed by atoms with Gasteiger partial charge in [-0.3, -0.25) is 9.59 Å². The molecule has 1 amide bonds. The summed E-state index contributed by atoms with van der Waals surface area (Å²) in [6.45, 7) is 2.52. The van der Waals surface area contributed by atoms with E-state index < -0.39 is 6.10 Å². The largest absolute Gasteiger partial charge is 0.494 e. The van der Waals surface area contributed by atoms with E-state index in [0.29, 0.717) is 28.5 Å². The summed E-state index contributed by atoms with van der Waals surface area (Å²) in [6.07, 6.45) is -0.680. The molecule has 1 unspecified atom stereocenters. The average molecular weight is 376 g/mol. The van der Waals surface area contributed by atoms with Gasteiger partial charge in [0.25, 0.3) is 0 Å². The molecule has 2 aromatic rings. The second-order valence-electron chi connectivity index (χ2n) is 5.76. The fourth-order valence-electron chi connectivity index (χ4n) is 2.41. The van der Waals surface area contributed by atoms with Crippen molar-refractivity contribution in [2.45, 2.75) is 25.9 Å². The first-order chi connectivity index (χ1) is 12.5. The van der Waals surface area contributed by atoms with Crippen molar-refractivity contribution in [1.29, 1.82) is 0 Å². The van der Waals surface area contributed by atoms with E-state index >= 15 is 0 Å². The van der Waals surface area contributed by atoms with Crippen LogP contribution in [0.4, 0.5) is 0 Å². The van der Waals surface area contributed by atoms with Crippen molar-refractivity contribution in [1.82, 2.24) is 5.32 Å². The summed E-state index contributed by atoms with van der Waals surface area (Å²) in [5, 5.41) is 13.2. The number of amides is 1. The van der Waals surface area contributed by atoms with Gasteiger partial charge in [-0.05, 0) is 48.9 Å². The van der Waals surface area contributed by atoms with E-state index in [9.17, 15) is 14.7 Å². The molecule has 0 aliphatic carbocycles. The fourth-order valence-corrected chi connectivity index (χ4v) is 2.60. The number of Topliss-reactive ketones (excluding diaryl/α,β-unsaturated/α-hetero) is 1. The SMILES string of the molecule is CCOc1ccc(C(=O)CCC(=O)NCC(O)c2cccc(Cl)c2)cc1. The highest BCUT2D eigenvalue weighted by Crippen LogP contribution is 2.17. The third-order valence-electron chi connectivity index (χ3n) is 3.79. The fraction of sp³-hybridized carbons (Fsp3) is 0.300. The lowest BCUT2D eigenvalue weighted by Crippen LogP contribution is -2.28. The van der Waals surface area contributed by atoms with Gasteiger partial charge in [-0.1, -0.05) is 23.7 Å². The lowest BCUT2D eigenvalue weighted by Gasteiger charge is -2.12. The molecule has 0 heterocycles. The molecular formula is C20H22ClNO4. The summed E-state index contributed by atoms with van der Waals surface area (Å²) in [6, 6.07) is 13.7. The van der Waals surface area contributed by atoms with E-state index in [4.69, 9.17) is 16.3 Å². The zero-order valence-corrected chi connectivity index (χ0v) is 15.3. The van der Waals surface area contributed by atoms with Crippen molar-refractivity contribution >= 4 is 23.3 Å². The number of carbonyl (C=O) groups excluding carboxylic acids is 2. The Morgan fingerprint density at radius 3 is 2.54 bits per heavy atom. The predicted molar refractivity (Wildman–Crippen MR) is 101 cm³/mol. The van der Waals surface area contributed by atoms with Crippen molar-refractivity contribution < 1.29 is 19.4 Å². The molecule has 2 rings (SSSR count). The number of hydrogen-bond acceptors (Lipinski definition) is 4. The van der Waals surface area contributed by atoms with Gasteiger partial charge in [0.15, 0.2) is 5.78 Å². The van der Waals surface area contributed by atoms with Crippen LogP contribution in [-0.4, -0.2) is 29.9 Å². The Hall–Kier alpha value is -2.37. The second kappa shape index (κ2) is 9.94. The van der Waals surface area contributed by atoms with Gasteiger partial charge in [0.05, 0.1) is 12.7 Å². The van der Waals surface area contributed by atoms with Crippen LogP contribution in [-0.2, 0) is 4.79 Å². The maximum atomic E-state index is 12.1. The highest BCUT2D eigenvalue weighted by atomic mass is 35.5. The molecule has 0 saturated heterocycles. The minimum atomic E-state index is -0.848. The van der Waals surface area contributed by atoms with Crippen LogP contribution in [0.3, 0.4) is 0 Å². The number of aliphatic hydroxyl groups is 1. The molecular weight excluding hydrogens is 354 g/mol. The lowest BCUT2D eigenvalue weighted by molar-refractivity contribution is -0.121. The molecule has 2 N–H and O–H groups in total. The quantitative estimate of drug-likeness (QED) is 0.657. The number of nitrogens with one attached hydrogen (secondary N) is 1. The van der Waals surface area contributed by atoms with Crippen LogP contribution < -0.4 is 10.1 Å². The first-order valence-electron chi connectivity index (χ1n) is 8.46. The normalized spacial score (nSPS) is 11.7. The molecule has 2 aromatic carbocycles. The van der Waals surface area contributed by atoms with Gasteiger partial charge in [-0.25, -0.2) is 0 Å². The van der Waals surface area contributed by atoms with Crippen LogP contribution in [0.2, 0.25) is 5.02 Å². The summed E-state index contributed by atoms with van der Waals surface area (Å²) in [7, 11) is 0. The third-order valence-corrected chi connectivity index (χ3v) is 4.03. The van der Waals surface area contributed by atoms with Crippen molar-refractivity contribution in [3.05, 3.63) is 64.7 Å². The number of aliphatic hydroxyl groups excluding tert-OH is 1. The minimum absolute atomic E-state index is 0.0638. The number of hydrogen-bond donors (Lipinski definition) is 2. The highest BCUT2D eigenvalue weighted by molar-refractivity contribution is 6.30. The molecule has 0 bridgehead atoms. The van der Waals surface area contributed by atoms with Crippen LogP contribution in [0.25, 0.3) is 0 Å². The highest BCUT2D eigenvalue weighted by Gasteiger charge is 2.12. The zero-order valence-electron chi connectivity index (χ0n) is 14.6. The van der Waals surface area contributed by atoms with E-state index in [1.54, 1.807) is 48.5 Å². The van der Waals surface area contributed by atoms with Crippen LogP contribution in [0, 0.1) is 0 Å². The van der Waals surface area contributed by atoms with Crippen LogP contribution in [0.15, 0.2) is 48.5 Å². The molecule has 0 aliphatic heterocycles. The Balaban J connectivity index is 1.76. The van der Waals surface area contributed by atoms with E-state index in [1.807, 2.05) is 6.92 Å². The Labute approximate surface area is 157 Å². The van der Waals surface area contributed by atoms with Gasteiger partial charge in [-0.2, -0.15) is 0 Å². The number of rotatable bonds is 9. The monoisotopic (exact) mass is 375 g/mol. The zero-order chi connectivity index (χ0) is 18.9. The lowest BCUT2D eigenvalue weighted by atomic mass is 10.1. The molecule has 0 fully saturated rings. The summed E-state index contributed by atoms with van der Waals surface area (Å²) in [4.78, 5) is 24.0. The maximum absolute atomic E-state index is 12.1. The van der Waals surface area contributed by atoms with Gasteiger partial charge in [-0.15, -0.1) is 0 Å². The van der Waals surface area contributed by atoms with E-state index in [0.717, 1.165) is 0 Å². The number of halogens is 1. The van der Waals surface area contributed by atoms with Gasteiger partial charge in [0, 0.05) is 30.0 Å². The van der Waals surface area contributed by atoms with Gasteiger partial charge in [0.2, 0.25) is 5.91 Å². The topological polar surface area (TPSA) is 75.6 Å². The molecule has 0 aromatic heterocycles. The smallest absolute Gasteiger partial charge is 0.220 e. The molecule has 5 nitrogen and oxygen atoms in total. The maximum Gasteiger partial charge on any atom is 0.220 e. The molecule has 138 valence electrons. The van der Waals surface area contributed by atoms with E-state index in [1.165, 1.54) is 0 Å². The first-order valence-corrected chi connectivity index (χ1v) is 8.83. The number of ketones is 1. The van der Waals surface area contributed by atoms with Crippen molar-refractivity contribution in [3.63, 3.8) is 0 Å². The van der Waals surface area contributed by atoms with Gasteiger partial charge < -0.3 is 15.2 Å². The third kappa shape index (κ3) is 6.17. The Kier molecular flexibility index (Phi) is 7.63. The molecule has 26 heavy (non-hydrogen) atoms. The summed E-state index contributed by atoms with van der Waals surface area (Å²) < 4.78 is 5.33. The molecule has 0 saturated carbocycles. The number of ether oxygens (including phenoxy) is 1. The Morgan fingerprint density at radius 2 is 1.88 bits per heavy atom. The number of benzene rings is 2. The Morgan fingerprint density at radius 1 is 1.15 bits per heavy atom. The molecule has 1 atom stereocenters. The summed E-state index contributed by atoms with van der Waals surface area (Å²) >= 11 is 5.88. The van der Waals surface area contributed by atoms with E-state index in [-0.39, 0.29) is 31.1 Å². The molecule has 0 aliphatic rings. The van der Waals surface area contributed by atoms with Gasteiger partial charge >= 0.3 is 0 Å². The van der Waals surface area contributed by atoms with Gasteiger partial charge in [0.1, 0.15) is 5.75 Å². The van der Waals surface area contributed by atoms with Crippen molar-refractivity contribution in [2.24, 2.45) is 0 Å². The average Bonchev–Trinajstić information content (AvgIpc) is 2.65. The van der Waals surface area contributed by atoms with E-state index in [2.05, 4.69) is 5.32 Å². The molecule has 0 spiro atoms. The summed E-state index contributed by atoms with van der Waals surface area (Å²) in [5.41, 5.74) is 1.17. The second-order valence-corrected chi connectivity index (χ2v) is 6.19. The number of carbonyl (C=O) groups is 2. The van der Waals surface area contributed by atoms with Crippen LogP contribution >= 0.6 is 11.6 Å². The Bertz CT molecular complexity index is 746. The summed E-state index contributed by atoms with van der Waals surface area (Å²) in [5.74, 6) is 0.306. The van der Waals surface area contributed by atoms with Crippen LogP contribution in [0.5, 0.6) is 5.75 Å². The predicted octanol–water partition coefficient (Wildman–Crippen LogP) is 3.55. The minimum Gasteiger partial charge on any atom is -0.494 e. The molecule has 0 radical (unpaired) electrons. The molecule has 6 heteroatoms.